The fourth-order valence-electron chi connectivity index (χ4n) is 8.94. The van der Waals surface area contributed by atoms with Gasteiger partial charge in [-0.1, -0.05) is 13.8 Å². The summed E-state index contributed by atoms with van der Waals surface area (Å²) in [6, 6.07) is 0. The van der Waals surface area contributed by atoms with E-state index in [1.807, 2.05) is 11.8 Å². The Morgan fingerprint density at radius 1 is 1.19 bits per heavy atom. The first-order valence-corrected chi connectivity index (χ1v) is 13.8. The van der Waals surface area contributed by atoms with Crippen LogP contribution in [-0.4, -0.2) is 40.1 Å². The van der Waals surface area contributed by atoms with Crippen LogP contribution in [0.4, 0.5) is 0 Å². The van der Waals surface area contributed by atoms with Crippen LogP contribution in [-0.2, 0) is 9.53 Å². The average Bonchev–Trinajstić information content (AvgIpc) is 3.27. The molecular weight excluding hydrogens is 420 g/mol. The van der Waals surface area contributed by atoms with Crippen LogP contribution in [0.25, 0.3) is 0 Å². The van der Waals surface area contributed by atoms with E-state index >= 15 is 0 Å². The molecule has 0 aromatic heterocycles. The lowest BCUT2D eigenvalue weighted by molar-refractivity contribution is -0.203. The fourth-order valence-corrected chi connectivity index (χ4v) is 10.4. The number of hydrogen-bond acceptors (Lipinski definition) is 5. The van der Waals surface area contributed by atoms with Crippen LogP contribution in [0.3, 0.4) is 0 Å². The molecule has 1 unspecified atom stereocenters. The van der Waals surface area contributed by atoms with Crippen molar-refractivity contribution in [3.8, 4) is 0 Å². The average molecular weight is 461 g/mol. The molecule has 178 valence electrons. The Morgan fingerprint density at radius 2 is 1.97 bits per heavy atom. The standard InChI is InChI=1S/C26H40N2O3S/c1-24-14-18(32-12-9-22(27)28)5-3-17(24)4-6-21-20(24)7-10-25(2)19(8-11-26(21,25)30)16-13-23(29)31-15-16/h13,17-21,30H,3-12,14-15H2,1-2H3,(H3,27,28)/t17-,18?,19+,20-,21+,24-,25+,26-/m0/s1. The smallest absolute Gasteiger partial charge is 0.331 e. The van der Waals surface area contributed by atoms with Crippen LogP contribution < -0.4 is 5.73 Å². The van der Waals surface area contributed by atoms with Gasteiger partial charge in [0.25, 0.3) is 0 Å². The second-order valence-corrected chi connectivity index (χ2v) is 13.2. The van der Waals surface area contributed by atoms with Gasteiger partial charge >= 0.3 is 5.97 Å². The Balaban J connectivity index is 1.36. The first kappa shape index (κ1) is 22.8. The van der Waals surface area contributed by atoms with E-state index in [4.69, 9.17) is 15.9 Å². The molecule has 0 spiro atoms. The van der Waals surface area contributed by atoms with Gasteiger partial charge in [0.05, 0.1) is 11.4 Å². The van der Waals surface area contributed by atoms with Gasteiger partial charge in [0.2, 0.25) is 0 Å². The van der Waals surface area contributed by atoms with E-state index in [0.29, 0.717) is 41.4 Å². The van der Waals surface area contributed by atoms with Crippen molar-refractivity contribution in [2.45, 2.75) is 88.9 Å². The van der Waals surface area contributed by atoms with Gasteiger partial charge in [-0.15, -0.1) is 0 Å². The second kappa shape index (κ2) is 8.04. The minimum absolute atomic E-state index is 0.151. The number of carbonyl (C=O) groups is 1. The van der Waals surface area contributed by atoms with Crippen molar-refractivity contribution in [3.05, 3.63) is 11.6 Å². The molecule has 5 rings (SSSR count). The third kappa shape index (κ3) is 3.38. The Labute approximate surface area is 196 Å². The molecule has 8 atom stereocenters. The molecule has 0 aromatic rings. The highest BCUT2D eigenvalue weighted by atomic mass is 32.2. The van der Waals surface area contributed by atoms with Gasteiger partial charge in [-0.3, -0.25) is 5.41 Å². The quantitative estimate of drug-likeness (QED) is 0.315. The minimum atomic E-state index is -0.629. The van der Waals surface area contributed by atoms with Gasteiger partial charge in [-0.05, 0) is 92.4 Å². The number of thioether (sulfide) groups is 1. The van der Waals surface area contributed by atoms with E-state index in [1.54, 1.807) is 6.08 Å². The largest absolute Gasteiger partial charge is 0.458 e. The lowest BCUT2D eigenvalue weighted by Gasteiger charge is -2.64. The van der Waals surface area contributed by atoms with Gasteiger partial charge < -0.3 is 15.6 Å². The third-order valence-corrected chi connectivity index (χ3v) is 11.9. The fraction of sp³-hybridized carbons (Fsp3) is 0.846. The number of nitrogens with two attached hydrogens (primary N) is 1. The summed E-state index contributed by atoms with van der Waals surface area (Å²) in [5.41, 5.74) is 6.22. The normalized spacial score (nSPS) is 47.8. The minimum Gasteiger partial charge on any atom is -0.458 e. The molecule has 32 heavy (non-hydrogen) atoms. The van der Waals surface area contributed by atoms with Crippen LogP contribution in [0.2, 0.25) is 0 Å². The van der Waals surface area contributed by atoms with E-state index in [9.17, 15) is 9.90 Å². The highest BCUT2D eigenvalue weighted by molar-refractivity contribution is 7.99. The lowest BCUT2D eigenvalue weighted by atomic mass is 9.43. The Bertz CT molecular complexity index is 830. The van der Waals surface area contributed by atoms with Gasteiger partial charge in [0.1, 0.15) is 6.61 Å². The summed E-state index contributed by atoms with van der Waals surface area (Å²) in [5, 5.41) is 20.5. The van der Waals surface area contributed by atoms with Gasteiger partial charge in [-0.25, -0.2) is 4.79 Å². The Kier molecular flexibility index (Phi) is 5.72. The van der Waals surface area contributed by atoms with Crippen molar-refractivity contribution in [1.82, 2.24) is 0 Å². The molecule has 0 radical (unpaired) electrons. The van der Waals surface area contributed by atoms with Gasteiger partial charge in [0, 0.05) is 28.9 Å². The van der Waals surface area contributed by atoms with Crippen LogP contribution in [0, 0.1) is 39.9 Å². The number of amidine groups is 1. The number of fused-ring (bicyclic) bond motifs is 5. The molecule has 4 saturated carbocycles. The zero-order valence-corrected chi connectivity index (χ0v) is 20.5. The second-order valence-electron chi connectivity index (χ2n) is 11.8. The summed E-state index contributed by atoms with van der Waals surface area (Å²) in [6.07, 6.45) is 12.7. The summed E-state index contributed by atoms with van der Waals surface area (Å²) in [4.78, 5) is 11.7. The SMILES string of the molecule is C[C@]12CC(SCCC(=N)N)CC[C@H]1CC[C@@H]1[C@@H]2CC[C@]2(C)[C@@H](C3=CC(=O)OC3)CC[C@]12O. The van der Waals surface area contributed by atoms with Gasteiger partial charge in [-0.2, -0.15) is 11.8 Å². The van der Waals surface area contributed by atoms with E-state index in [1.165, 1.54) is 32.1 Å². The topological polar surface area (TPSA) is 96.4 Å². The molecule has 0 saturated heterocycles. The van der Waals surface area contributed by atoms with E-state index in [2.05, 4.69) is 13.8 Å². The maximum atomic E-state index is 12.3. The summed E-state index contributed by atoms with van der Waals surface area (Å²) in [6.45, 7) is 5.26. The van der Waals surface area contributed by atoms with Crippen molar-refractivity contribution in [3.63, 3.8) is 0 Å². The zero-order valence-electron chi connectivity index (χ0n) is 19.7. The number of rotatable bonds is 5. The molecule has 4 aliphatic carbocycles. The van der Waals surface area contributed by atoms with Crippen LogP contribution in [0.15, 0.2) is 11.6 Å². The number of esters is 1. The zero-order chi connectivity index (χ0) is 22.7. The van der Waals surface area contributed by atoms with Crippen molar-refractivity contribution in [1.29, 1.82) is 5.41 Å². The van der Waals surface area contributed by atoms with Crippen molar-refractivity contribution < 1.29 is 14.6 Å². The molecule has 4 N–H and O–H groups in total. The molecule has 5 nitrogen and oxygen atoms in total. The predicted molar refractivity (Wildman–Crippen MR) is 128 cm³/mol. The van der Waals surface area contributed by atoms with Crippen molar-refractivity contribution in [2.75, 3.05) is 12.4 Å². The highest BCUT2D eigenvalue weighted by Crippen LogP contribution is 2.70. The van der Waals surface area contributed by atoms with Crippen LogP contribution in [0.5, 0.6) is 0 Å². The molecule has 1 aliphatic heterocycles. The van der Waals surface area contributed by atoms with Crippen molar-refractivity contribution in [2.24, 2.45) is 40.2 Å². The van der Waals surface area contributed by atoms with E-state index in [-0.39, 0.29) is 17.3 Å². The van der Waals surface area contributed by atoms with Gasteiger partial charge in [0.15, 0.2) is 0 Å². The monoisotopic (exact) mass is 460 g/mol. The molecule has 5 aliphatic rings. The molecule has 0 bridgehead atoms. The number of ether oxygens (including phenoxy) is 1. The molecule has 1 heterocycles. The number of nitrogens with one attached hydrogen (secondary N) is 1. The first-order valence-electron chi connectivity index (χ1n) is 12.7. The summed E-state index contributed by atoms with van der Waals surface area (Å²) >= 11 is 2.02. The summed E-state index contributed by atoms with van der Waals surface area (Å²) in [7, 11) is 0. The number of carbonyl (C=O) groups excluding carboxylic acids is 1. The van der Waals surface area contributed by atoms with Crippen LogP contribution >= 0.6 is 11.8 Å². The molecule has 0 aromatic carbocycles. The molecule has 0 amide bonds. The molecular formula is C26H40N2O3S. The molecule has 4 fully saturated rings. The maximum Gasteiger partial charge on any atom is 0.331 e. The summed E-state index contributed by atoms with van der Waals surface area (Å²) in [5.74, 6) is 3.04. The Hall–Kier alpha value is -1.01. The Morgan fingerprint density at radius 3 is 2.69 bits per heavy atom. The third-order valence-electron chi connectivity index (χ3n) is 10.6. The predicted octanol–water partition coefficient (Wildman–Crippen LogP) is 4.67. The lowest BCUT2D eigenvalue weighted by Crippen LogP contribution is -2.62. The summed E-state index contributed by atoms with van der Waals surface area (Å²) < 4.78 is 5.25. The van der Waals surface area contributed by atoms with Crippen molar-refractivity contribution >= 4 is 23.6 Å². The number of cyclic esters (lactones) is 1. The number of hydrogen-bond donors (Lipinski definition) is 3. The molecule has 6 heteroatoms. The maximum absolute atomic E-state index is 12.3. The van der Waals surface area contributed by atoms with E-state index in [0.717, 1.165) is 42.9 Å². The van der Waals surface area contributed by atoms with E-state index < -0.39 is 5.60 Å². The first-order chi connectivity index (χ1) is 15.2. The van der Waals surface area contributed by atoms with Crippen LogP contribution in [0.1, 0.15) is 78.1 Å². The highest BCUT2D eigenvalue weighted by Gasteiger charge is 2.67. The number of aliphatic hydroxyl groups is 1.